The molecule has 3 aliphatic heterocycles. The molecule has 3 unspecified atom stereocenters. The third kappa shape index (κ3) is 1.38. The van der Waals surface area contributed by atoms with E-state index in [1.807, 2.05) is 12.2 Å². The average Bonchev–Trinajstić information content (AvgIpc) is 2.93. The molecule has 0 aromatic heterocycles. The van der Waals surface area contributed by atoms with Crippen LogP contribution in [0, 0.1) is 5.92 Å². The van der Waals surface area contributed by atoms with Gasteiger partial charge in [0.25, 0.3) is 0 Å². The van der Waals surface area contributed by atoms with Crippen LogP contribution in [-0.2, 0) is 19.0 Å². The molecule has 2 fully saturated rings. The minimum absolute atomic E-state index is 0.121. The van der Waals surface area contributed by atoms with Crippen molar-refractivity contribution in [2.75, 3.05) is 13.2 Å². The molecule has 15 heavy (non-hydrogen) atoms. The average molecular weight is 228 g/mol. The molecular formula is C10H12O4S. The standard InChI is InChI=1S/C10H12O4S/c11-8(15)6-5-10(2-1-7(6)14-10)9-12-3-4-13-9/h1-2,6-7,9H,3-5H2,(H,11,15). The fraction of sp³-hybridized carbons (Fsp3) is 0.700. The highest BCUT2D eigenvalue weighted by molar-refractivity contribution is 7.96. The van der Waals surface area contributed by atoms with E-state index in [2.05, 4.69) is 12.6 Å². The van der Waals surface area contributed by atoms with Gasteiger partial charge in [0.15, 0.2) is 11.4 Å². The van der Waals surface area contributed by atoms with Crippen LogP contribution in [0.4, 0.5) is 0 Å². The zero-order chi connectivity index (χ0) is 10.5. The summed E-state index contributed by atoms with van der Waals surface area (Å²) in [5.41, 5.74) is -0.551. The SMILES string of the molecule is O=C(S)C1CC2(C3OCCO3)C=CC1O2. The third-order valence-electron chi connectivity index (χ3n) is 3.20. The van der Waals surface area contributed by atoms with E-state index in [9.17, 15) is 4.79 Å². The Bertz CT molecular complexity index is 323. The van der Waals surface area contributed by atoms with E-state index in [1.54, 1.807) is 0 Å². The summed E-state index contributed by atoms with van der Waals surface area (Å²) < 4.78 is 16.7. The number of hydrogen-bond donors (Lipinski definition) is 1. The lowest BCUT2D eigenvalue weighted by molar-refractivity contribution is -0.164. The summed E-state index contributed by atoms with van der Waals surface area (Å²) in [5.74, 6) is -0.161. The zero-order valence-corrected chi connectivity index (χ0v) is 8.98. The van der Waals surface area contributed by atoms with Crippen LogP contribution < -0.4 is 0 Å². The van der Waals surface area contributed by atoms with Crippen LogP contribution in [0.1, 0.15) is 6.42 Å². The van der Waals surface area contributed by atoms with Gasteiger partial charge < -0.3 is 14.2 Å². The molecule has 82 valence electrons. The Morgan fingerprint density at radius 3 is 2.73 bits per heavy atom. The molecule has 0 saturated carbocycles. The molecule has 3 atom stereocenters. The number of thiol groups is 1. The van der Waals surface area contributed by atoms with Crippen molar-refractivity contribution in [3.05, 3.63) is 12.2 Å². The van der Waals surface area contributed by atoms with Crippen LogP contribution in [0.5, 0.6) is 0 Å². The molecule has 0 N–H and O–H groups in total. The van der Waals surface area contributed by atoms with Gasteiger partial charge >= 0.3 is 0 Å². The summed E-state index contributed by atoms with van der Waals surface area (Å²) in [4.78, 5) is 11.3. The number of carbonyl (C=O) groups is 1. The molecule has 3 aliphatic rings. The van der Waals surface area contributed by atoms with Gasteiger partial charge in [0.1, 0.15) is 5.60 Å². The van der Waals surface area contributed by atoms with Crippen LogP contribution in [0.3, 0.4) is 0 Å². The van der Waals surface area contributed by atoms with E-state index in [1.165, 1.54) is 0 Å². The molecule has 0 aromatic carbocycles. The molecular weight excluding hydrogens is 216 g/mol. The van der Waals surface area contributed by atoms with Crippen molar-refractivity contribution < 1.29 is 19.0 Å². The maximum absolute atomic E-state index is 11.3. The van der Waals surface area contributed by atoms with Crippen molar-refractivity contribution in [2.45, 2.75) is 24.4 Å². The van der Waals surface area contributed by atoms with Gasteiger partial charge in [-0.25, -0.2) is 0 Å². The molecule has 3 heterocycles. The van der Waals surface area contributed by atoms with Crippen molar-refractivity contribution in [1.82, 2.24) is 0 Å². The van der Waals surface area contributed by atoms with Gasteiger partial charge in [-0.1, -0.05) is 6.08 Å². The van der Waals surface area contributed by atoms with Crippen LogP contribution in [0.2, 0.25) is 0 Å². The van der Waals surface area contributed by atoms with Crippen molar-refractivity contribution in [3.8, 4) is 0 Å². The van der Waals surface area contributed by atoms with Crippen molar-refractivity contribution in [1.29, 1.82) is 0 Å². The fourth-order valence-corrected chi connectivity index (χ4v) is 2.72. The number of carbonyl (C=O) groups excluding carboxylic acids is 1. The summed E-state index contributed by atoms with van der Waals surface area (Å²) in [5, 5.41) is -0.121. The predicted octanol–water partition coefficient (Wildman–Crippen LogP) is 0.529. The van der Waals surface area contributed by atoms with Gasteiger partial charge in [0.05, 0.1) is 25.2 Å². The highest BCUT2D eigenvalue weighted by Crippen LogP contribution is 2.46. The van der Waals surface area contributed by atoms with E-state index in [-0.39, 0.29) is 23.4 Å². The molecule has 4 nitrogen and oxygen atoms in total. The van der Waals surface area contributed by atoms with E-state index >= 15 is 0 Å². The Labute approximate surface area is 93.0 Å². The summed E-state index contributed by atoms with van der Waals surface area (Å²) in [6, 6.07) is 0. The number of ether oxygens (including phenoxy) is 3. The quantitative estimate of drug-likeness (QED) is 0.553. The minimum atomic E-state index is -0.551. The topological polar surface area (TPSA) is 44.8 Å². The Kier molecular flexibility index (Phi) is 2.17. The van der Waals surface area contributed by atoms with E-state index in [0.29, 0.717) is 19.6 Å². The molecule has 0 radical (unpaired) electrons. The van der Waals surface area contributed by atoms with Crippen LogP contribution in [-0.4, -0.2) is 36.3 Å². The maximum Gasteiger partial charge on any atom is 0.192 e. The van der Waals surface area contributed by atoms with Crippen LogP contribution >= 0.6 is 12.6 Å². The molecule has 0 aliphatic carbocycles. The molecule has 3 rings (SSSR count). The minimum Gasteiger partial charge on any atom is -0.357 e. The number of hydrogen-bond acceptors (Lipinski definition) is 4. The Morgan fingerprint density at radius 1 is 1.40 bits per heavy atom. The lowest BCUT2D eigenvalue weighted by Gasteiger charge is -2.27. The van der Waals surface area contributed by atoms with Gasteiger partial charge in [0.2, 0.25) is 0 Å². The normalized spacial score (nSPS) is 44.1. The van der Waals surface area contributed by atoms with E-state index in [0.717, 1.165) is 0 Å². The van der Waals surface area contributed by atoms with Gasteiger partial charge in [-0.15, -0.1) is 12.6 Å². The van der Waals surface area contributed by atoms with Gasteiger partial charge in [-0.2, -0.15) is 0 Å². The predicted molar refractivity (Wildman–Crippen MR) is 54.5 cm³/mol. The fourth-order valence-electron chi connectivity index (χ4n) is 2.48. The van der Waals surface area contributed by atoms with Crippen molar-refractivity contribution >= 4 is 17.7 Å². The largest absolute Gasteiger partial charge is 0.357 e. The Hall–Kier alpha value is -0.360. The van der Waals surface area contributed by atoms with E-state index < -0.39 is 5.60 Å². The molecule has 0 amide bonds. The zero-order valence-electron chi connectivity index (χ0n) is 8.09. The second kappa shape index (κ2) is 3.31. The Morgan fingerprint density at radius 2 is 2.13 bits per heavy atom. The lowest BCUT2D eigenvalue weighted by Crippen LogP contribution is -2.40. The molecule has 0 spiro atoms. The summed E-state index contributed by atoms with van der Waals surface area (Å²) in [7, 11) is 0. The lowest BCUT2D eigenvalue weighted by atomic mass is 9.86. The second-order valence-corrected chi connectivity index (χ2v) is 4.56. The highest BCUT2D eigenvalue weighted by Gasteiger charge is 2.56. The van der Waals surface area contributed by atoms with Gasteiger partial charge in [-0.05, 0) is 12.5 Å². The van der Waals surface area contributed by atoms with Crippen LogP contribution in [0.15, 0.2) is 12.2 Å². The number of fused-ring (bicyclic) bond motifs is 2. The molecule has 2 bridgehead atoms. The summed E-state index contributed by atoms with van der Waals surface area (Å²) >= 11 is 3.87. The molecule has 0 aromatic rings. The summed E-state index contributed by atoms with van der Waals surface area (Å²) in [6.45, 7) is 1.18. The van der Waals surface area contributed by atoms with Gasteiger partial charge in [-0.3, -0.25) is 4.79 Å². The molecule has 5 heteroatoms. The maximum atomic E-state index is 11.3. The first kappa shape index (κ1) is 9.84. The van der Waals surface area contributed by atoms with Crippen molar-refractivity contribution in [2.24, 2.45) is 5.92 Å². The highest BCUT2D eigenvalue weighted by atomic mass is 32.1. The van der Waals surface area contributed by atoms with Crippen molar-refractivity contribution in [3.63, 3.8) is 0 Å². The second-order valence-electron chi connectivity index (χ2n) is 4.12. The Balaban J connectivity index is 1.84. The molecule has 2 saturated heterocycles. The van der Waals surface area contributed by atoms with Gasteiger partial charge in [0, 0.05) is 0 Å². The number of rotatable bonds is 2. The summed E-state index contributed by atoms with van der Waals surface area (Å²) in [6.07, 6.45) is 3.97. The first-order valence-corrected chi connectivity index (χ1v) is 5.49. The smallest absolute Gasteiger partial charge is 0.192 e. The third-order valence-corrected chi connectivity index (χ3v) is 3.53. The first-order chi connectivity index (χ1) is 7.21. The monoisotopic (exact) mass is 228 g/mol. The van der Waals surface area contributed by atoms with E-state index in [4.69, 9.17) is 14.2 Å². The first-order valence-electron chi connectivity index (χ1n) is 5.04. The van der Waals surface area contributed by atoms with Crippen LogP contribution in [0.25, 0.3) is 0 Å².